The fourth-order valence-corrected chi connectivity index (χ4v) is 3.24. The molecule has 0 amide bonds. The topological polar surface area (TPSA) is 72.1 Å². The summed E-state index contributed by atoms with van der Waals surface area (Å²) in [6, 6.07) is 14.5. The molecule has 0 saturated heterocycles. The zero-order chi connectivity index (χ0) is 17.3. The van der Waals surface area contributed by atoms with E-state index in [0.29, 0.717) is 4.90 Å². The van der Waals surface area contributed by atoms with E-state index >= 15 is 0 Å². The van der Waals surface area contributed by atoms with Crippen molar-refractivity contribution in [2.45, 2.75) is 11.8 Å². The molecular weight excluding hydrogens is 324 g/mol. The van der Waals surface area contributed by atoms with Gasteiger partial charge >= 0.3 is 0 Å². The largest absolute Gasteiger partial charge is 0.497 e. The van der Waals surface area contributed by atoms with Crippen molar-refractivity contribution in [1.82, 2.24) is 10.2 Å². The molecule has 1 aromatic heterocycles. The number of H-pyrrole nitrogens is 1. The highest BCUT2D eigenvalue weighted by molar-refractivity contribution is 7.90. The molecule has 0 spiro atoms. The zero-order valence-electron chi connectivity index (χ0n) is 13.7. The number of rotatable bonds is 4. The number of aromatic amines is 1. The number of hydrogen-bond donors (Lipinski definition) is 1. The van der Waals surface area contributed by atoms with Crippen LogP contribution < -0.4 is 4.74 Å². The van der Waals surface area contributed by atoms with E-state index in [1.54, 1.807) is 31.4 Å². The van der Waals surface area contributed by atoms with E-state index in [9.17, 15) is 8.42 Å². The Morgan fingerprint density at radius 1 is 0.958 bits per heavy atom. The Kier molecular flexibility index (Phi) is 4.15. The number of aryl methyl sites for hydroxylation is 1. The maximum atomic E-state index is 11.6. The summed E-state index contributed by atoms with van der Waals surface area (Å²) in [6.07, 6.45) is 1.20. The number of nitrogens with zero attached hydrogens (tertiary/aromatic N) is 1. The Bertz CT molecular complexity index is 957. The number of nitrogens with one attached hydrogen (secondary N) is 1. The van der Waals surface area contributed by atoms with Crippen LogP contribution in [0.4, 0.5) is 0 Å². The van der Waals surface area contributed by atoms with Gasteiger partial charge in [0.25, 0.3) is 0 Å². The molecule has 124 valence electrons. The zero-order valence-corrected chi connectivity index (χ0v) is 14.5. The quantitative estimate of drug-likeness (QED) is 0.788. The lowest BCUT2D eigenvalue weighted by Crippen LogP contribution is -1.96. The van der Waals surface area contributed by atoms with Crippen LogP contribution in [0.15, 0.2) is 53.4 Å². The second-order valence-electron chi connectivity index (χ2n) is 5.60. The Hall–Kier alpha value is -2.60. The molecule has 0 aliphatic rings. The molecule has 1 heterocycles. The van der Waals surface area contributed by atoms with Crippen LogP contribution in [0, 0.1) is 6.92 Å². The molecule has 2 aromatic carbocycles. The van der Waals surface area contributed by atoms with E-state index in [1.165, 1.54) is 6.26 Å². The summed E-state index contributed by atoms with van der Waals surface area (Å²) in [4.78, 5) is 0.296. The van der Waals surface area contributed by atoms with Gasteiger partial charge in [-0.1, -0.05) is 24.3 Å². The lowest BCUT2D eigenvalue weighted by atomic mass is 9.99. The average molecular weight is 342 g/mol. The molecule has 3 rings (SSSR count). The van der Waals surface area contributed by atoms with Crippen LogP contribution in [0.1, 0.15) is 5.69 Å². The molecule has 24 heavy (non-hydrogen) atoms. The van der Waals surface area contributed by atoms with E-state index in [4.69, 9.17) is 4.74 Å². The summed E-state index contributed by atoms with van der Waals surface area (Å²) in [5.74, 6) is 0.791. The van der Waals surface area contributed by atoms with Crippen LogP contribution in [0.5, 0.6) is 5.75 Å². The summed E-state index contributed by atoms with van der Waals surface area (Å²) in [7, 11) is -1.58. The third-order valence-electron chi connectivity index (χ3n) is 3.88. The molecule has 3 aromatic rings. The van der Waals surface area contributed by atoms with E-state index in [1.807, 2.05) is 31.2 Å². The van der Waals surface area contributed by atoms with E-state index in [2.05, 4.69) is 10.2 Å². The van der Waals surface area contributed by atoms with Crippen molar-refractivity contribution < 1.29 is 13.2 Å². The van der Waals surface area contributed by atoms with Crippen LogP contribution in [-0.4, -0.2) is 32.0 Å². The molecule has 5 nitrogen and oxygen atoms in total. The minimum absolute atomic E-state index is 0.296. The van der Waals surface area contributed by atoms with Crippen LogP contribution in [0.2, 0.25) is 0 Å². The molecule has 0 aliphatic heterocycles. The first-order valence-electron chi connectivity index (χ1n) is 7.40. The second-order valence-corrected chi connectivity index (χ2v) is 7.61. The van der Waals surface area contributed by atoms with Gasteiger partial charge in [0.2, 0.25) is 0 Å². The van der Waals surface area contributed by atoms with Gasteiger partial charge in [0, 0.05) is 23.1 Å². The molecule has 0 atom stereocenters. The van der Waals surface area contributed by atoms with Crippen LogP contribution in [0.3, 0.4) is 0 Å². The maximum Gasteiger partial charge on any atom is 0.175 e. The average Bonchev–Trinajstić information content (AvgIpc) is 2.96. The third-order valence-corrected chi connectivity index (χ3v) is 5.01. The third kappa shape index (κ3) is 3.05. The van der Waals surface area contributed by atoms with Gasteiger partial charge < -0.3 is 4.74 Å². The maximum absolute atomic E-state index is 11.6. The van der Waals surface area contributed by atoms with Crippen molar-refractivity contribution >= 4 is 9.84 Å². The monoisotopic (exact) mass is 342 g/mol. The van der Waals surface area contributed by atoms with Crippen molar-refractivity contribution in [3.8, 4) is 28.1 Å². The number of sulfone groups is 1. The first-order chi connectivity index (χ1) is 11.4. The van der Waals surface area contributed by atoms with Crippen LogP contribution >= 0.6 is 0 Å². The van der Waals surface area contributed by atoms with Gasteiger partial charge in [0.15, 0.2) is 9.84 Å². The number of hydrogen-bond acceptors (Lipinski definition) is 4. The summed E-state index contributed by atoms with van der Waals surface area (Å²) in [6.45, 7) is 1.96. The molecule has 1 N–H and O–H groups in total. The molecule has 0 radical (unpaired) electrons. The molecule has 0 bridgehead atoms. The minimum Gasteiger partial charge on any atom is -0.497 e. The normalized spacial score (nSPS) is 11.5. The SMILES string of the molecule is COc1ccc(-c2c(-c3ccc(S(C)(=O)=O)cc3)n[nH]c2C)cc1. The highest BCUT2D eigenvalue weighted by Gasteiger charge is 2.15. The summed E-state index contributed by atoms with van der Waals surface area (Å²) < 4.78 is 28.4. The minimum atomic E-state index is -3.21. The fraction of sp³-hybridized carbons (Fsp3) is 0.167. The predicted octanol–water partition coefficient (Wildman–Crippen LogP) is 3.46. The molecular formula is C18H18N2O3S. The number of ether oxygens (including phenoxy) is 1. The van der Waals surface area contributed by atoms with E-state index in [-0.39, 0.29) is 0 Å². The first kappa shape index (κ1) is 16.3. The number of methoxy groups -OCH3 is 1. The number of aromatic nitrogens is 2. The van der Waals surface area contributed by atoms with E-state index < -0.39 is 9.84 Å². The van der Waals surface area contributed by atoms with Gasteiger partial charge in [-0.05, 0) is 36.8 Å². The highest BCUT2D eigenvalue weighted by atomic mass is 32.2. The second kappa shape index (κ2) is 6.13. The standard InChI is InChI=1S/C18H18N2O3S/c1-12-17(13-4-8-15(23-2)9-5-13)18(20-19-12)14-6-10-16(11-7-14)24(3,21)22/h4-11H,1-3H3,(H,19,20). The lowest BCUT2D eigenvalue weighted by molar-refractivity contribution is 0.415. The smallest absolute Gasteiger partial charge is 0.175 e. The van der Waals surface area contributed by atoms with Gasteiger partial charge in [0.1, 0.15) is 11.4 Å². The fourth-order valence-electron chi connectivity index (χ4n) is 2.61. The Morgan fingerprint density at radius 3 is 2.08 bits per heavy atom. The summed E-state index contributed by atoms with van der Waals surface area (Å²) in [5.41, 5.74) is 4.60. The Labute approximate surface area is 141 Å². The van der Waals surface area contributed by atoms with Crippen molar-refractivity contribution in [3.05, 3.63) is 54.2 Å². The van der Waals surface area contributed by atoms with Gasteiger partial charge in [-0.25, -0.2) is 8.42 Å². The van der Waals surface area contributed by atoms with Gasteiger partial charge in [-0.15, -0.1) is 0 Å². The predicted molar refractivity (Wildman–Crippen MR) is 93.9 cm³/mol. The highest BCUT2D eigenvalue weighted by Crippen LogP contribution is 2.34. The Balaban J connectivity index is 2.06. The molecule has 0 fully saturated rings. The summed E-state index contributed by atoms with van der Waals surface area (Å²) in [5, 5.41) is 7.40. The lowest BCUT2D eigenvalue weighted by Gasteiger charge is -2.07. The van der Waals surface area contributed by atoms with Crippen LogP contribution in [-0.2, 0) is 9.84 Å². The van der Waals surface area contributed by atoms with Crippen molar-refractivity contribution in [2.75, 3.05) is 13.4 Å². The summed E-state index contributed by atoms with van der Waals surface area (Å²) >= 11 is 0. The van der Waals surface area contributed by atoms with Crippen molar-refractivity contribution in [1.29, 1.82) is 0 Å². The van der Waals surface area contributed by atoms with Gasteiger partial charge in [0.05, 0.1) is 12.0 Å². The van der Waals surface area contributed by atoms with Crippen molar-refractivity contribution in [3.63, 3.8) is 0 Å². The number of benzene rings is 2. The molecule has 6 heteroatoms. The van der Waals surface area contributed by atoms with Crippen LogP contribution in [0.25, 0.3) is 22.4 Å². The van der Waals surface area contributed by atoms with E-state index in [0.717, 1.165) is 33.8 Å². The van der Waals surface area contributed by atoms with Crippen molar-refractivity contribution in [2.24, 2.45) is 0 Å². The van der Waals surface area contributed by atoms with Gasteiger partial charge in [-0.3, -0.25) is 5.10 Å². The Morgan fingerprint density at radius 2 is 1.54 bits per heavy atom. The molecule has 0 unspecified atom stereocenters. The molecule has 0 aliphatic carbocycles. The first-order valence-corrected chi connectivity index (χ1v) is 9.29. The molecule has 0 saturated carbocycles. The van der Waals surface area contributed by atoms with Gasteiger partial charge in [-0.2, -0.15) is 5.10 Å².